The molecule has 0 aromatic carbocycles. The zero-order valence-electron chi connectivity index (χ0n) is 12.2. The van der Waals surface area contributed by atoms with Crippen LogP contribution >= 0.6 is 0 Å². The molecule has 3 fully saturated rings. The molecular weight excluding hydrogens is 238 g/mol. The van der Waals surface area contributed by atoms with Crippen molar-refractivity contribution in [3.8, 4) is 0 Å². The number of piperazine rings is 1. The minimum absolute atomic E-state index is 0.269. The molecule has 3 atom stereocenters. The summed E-state index contributed by atoms with van der Waals surface area (Å²) in [5.74, 6) is 0. The van der Waals surface area contributed by atoms with Crippen LogP contribution in [0.5, 0.6) is 0 Å². The van der Waals surface area contributed by atoms with Gasteiger partial charge in [-0.15, -0.1) is 0 Å². The number of nitrogens with one attached hydrogen (secondary N) is 1. The van der Waals surface area contributed by atoms with Gasteiger partial charge in [0.05, 0.1) is 6.61 Å². The molecule has 3 rings (SSSR count). The summed E-state index contributed by atoms with van der Waals surface area (Å²) in [6.45, 7) is 7.34. The highest BCUT2D eigenvalue weighted by molar-refractivity contribution is 4.92. The number of nitrogens with zero attached hydrogens (tertiary/aromatic N) is 2. The number of aliphatic hydroxyl groups excluding tert-OH is 1. The van der Waals surface area contributed by atoms with Gasteiger partial charge in [-0.25, -0.2) is 0 Å². The minimum Gasteiger partial charge on any atom is -0.395 e. The second-order valence-corrected chi connectivity index (χ2v) is 6.77. The quantitative estimate of drug-likeness (QED) is 0.767. The summed E-state index contributed by atoms with van der Waals surface area (Å²) < 4.78 is 0. The van der Waals surface area contributed by atoms with E-state index in [0.717, 1.165) is 12.6 Å². The van der Waals surface area contributed by atoms with Crippen LogP contribution in [0, 0.1) is 0 Å². The Hall–Kier alpha value is -0.160. The summed E-state index contributed by atoms with van der Waals surface area (Å²) >= 11 is 0. The molecule has 3 aliphatic rings. The fraction of sp³-hybridized carbons (Fsp3) is 1.00. The van der Waals surface area contributed by atoms with Crippen LogP contribution in [0.25, 0.3) is 0 Å². The Kier molecular flexibility index (Phi) is 4.42. The van der Waals surface area contributed by atoms with Gasteiger partial charge < -0.3 is 10.4 Å². The topological polar surface area (TPSA) is 38.7 Å². The number of hydrogen-bond donors (Lipinski definition) is 2. The lowest BCUT2D eigenvalue weighted by atomic mass is 9.97. The van der Waals surface area contributed by atoms with E-state index in [1.165, 1.54) is 51.7 Å². The average Bonchev–Trinajstić information content (AvgIpc) is 3.22. The first-order chi connectivity index (χ1) is 9.26. The molecule has 2 aliphatic heterocycles. The van der Waals surface area contributed by atoms with Crippen LogP contribution in [0.4, 0.5) is 0 Å². The molecule has 3 unspecified atom stereocenters. The van der Waals surface area contributed by atoms with Gasteiger partial charge in [0.25, 0.3) is 0 Å². The van der Waals surface area contributed by atoms with Crippen molar-refractivity contribution < 1.29 is 5.11 Å². The number of fused-ring (bicyclic) bond motifs is 1. The predicted octanol–water partition coefficient (Wildman–Crippen LogP) is 0.658. The number of hydrogen-bond acceptors (Lipinski definition) is 4. The molecule has 1 saturated carbocycles. The Morgan fingerprint density at radius 1 is 1.21 bits per heavy atom. The maximum absolute atomic E-state index is 9.55. The molecule has 0 aromatic rings. The first-order valence-electron chi connectivity index (χ1n) is 8.11. The van der Waals surface area contributed by atoms with Crippen molar-refractivity contribution in [1.29, 1.82) is 0 Å². The Balaban J connectivity index is 1.53. The number of piperidine rings is 1. The number of aliphatic hydroxyl groups is 1. The van der Waals surface area contributed by atoms with E-state index in [9.17, 15) is 5.11 Å². The molecule has 2 N–H and O–H groups in total. The van der Waals surface area contributed by atoms with E-state index in [2.05, 4.69) is 22.0 Å². The molecule has 1 aliphatic carbocycles. The van der Waals surface area contributed by atoms with Crippen molar-refractivity contribution in [2.45, 2.75) is 63.2 Å². The van der Waals surface area contributed by atoms with E-state index in [-0.39, 0.29) is 12.6 Å². The van der Waals surface area contributed by atoms with Crippen LogP contribution in [0.1, 0.15) is 39.0 Å². The Bertz CT molecular complexity index is 295. The second-order valence-electron chi connectivity index (χ2n) is 6.77. The first kappa shape index (κ1) is 13.8. The monoisotopic (exact) mass is 267 g/mol. The Morgan fingerprint density at radius 3 is 2.79 bits per heavy atom. The lowest BCUT2D eigenvalue weighted by Gasteiger charge is -2.48. The molecule has 4 nitrogen and oxygen atoms in total. The molecule has 0 bridgehead atoms. The molecule has 0 aromatic heterocycles. The van der Waals surface area contributed by atoms with E-state index in [1.54, 1.807) is 0 Å². The summed E-state index contributed by atoms with van der Waals surface area (Å²) in [5.41, 5.74) is 0. The molecule has 19 heavy (non-hydrogen) atoms. The van der Waals surface area contributed by atoms with Gasteiger partial charge in [0, 0.05) is 43.8 Å². The van der Waals surface area contributed by atoms with Crippen LogP contribution < -0.4 is 5.32 Å². The van der Waals surface area contributed by atoms with Gasteiger partial charge in [0.2, 0.25) is 0 Å². The van der Waals surface area contributed by atoms with Crippen LogP contribution in [0.15, 0.2) is 0 Å². The molecule has 0 amide bonds. The zero-order valence-corrected chi connectivity index (χ0v) is 12.2. The largest absolute Gasteiger partial charge is 0.395 e. The highest BCUT2D eigenvalue weighted by Crippen LogP contribution is 2.24. The highest BCUT2D eigenvalue weighted by Gasteiger charge is 2.34. The predicted molar refractivity (Wildman–Crippen MR) is 77.3 cm³/mol. The van der Waals surface area contributed by atoms with Gasteiger partial charge in [0.15, 0.2) is 0 Å². The van der Waals surface area contributed by atoms with Gasteiger partial charge in [-0.1, -0.05) is 6.42 Å². The van der Waals surface area contributed by atoms with Crippen LogP contribution in [-0.2, 0) is 0 Å². The lowest BCUT2D eigenvalue weighted by molar-refractivity contribution is 0.00730. The van der Waals surface area contributed by atoms with Gasteiger partial charge in [-0.3, -0.25) is 9.80 Å². The number of rotatable bonds is 5. The molecule has 2 saturated heterocycles. The summed E-state index contributed by atoms with van der Waals surface area (Å²) in [4.78, 5) is 5.29. The third-order valence-corrected chi connectivity index (χ3v) is 5.04. The van der Waals surface area contributed by atoms with E-state index in [4.69, 9.17) is 0 Å². The van der Waals surface area contributed by atoms with E-state index in [1.807, 2.05) is 0 Å². The summed E-state index contributed by atoms with van der Waals surface area (Å²) in [6, 6.07) is 2.35. The van der Waals surface area contributed by atoms with Gasteiger partial charge >= 0.3 is 0 Å². The fourth-order valence-corrected chi connectivity index (χ4v) is 3.70. The van der Waals surface area contributed by atoms with Crippen molar-refractivity contribution in [3.63, 3.8) is 0 Å². The fourth-order valence-electron chi connectivity index (χ4n) is 3.70. The van der Waals surface area contributed by atoms with E-state index < -0.39 is 0 Å². The molecule has 0 radical (unpaired) electrons. The van der Waals surface area contributed by atoms with Crippen molar-refractivity contribution in [2.24, 2.45) is 0 Å². The molecule has 110 valence electrons. The third kappa shape index (κ3) is 3.48. The van der Waals surface area contributed by atoms with Crippen LogP contribution in [-0.4, -0.2) is 71.9 Å². The first-order valence-corrected chi connectivity index (χ1v) is 8.11. The van der Waals surface area contributed by atoms with Crippen molar-refractivity contribution in [1.82, 2.24) is 15.1 Å². The minimum atomic E-state index is 0.269. The highest BCUT2D eigenvalue weighted by atomic mass is 16.3. The van der Waals surface area contributed by atoms with E-state index >= 15 is 0 Å². The SMILES string of the molecule is CC1CN2CCCCC2CN1CC(CO)NC1CC1. The van der Waals surface area contributed by atoms with Crippen LogP contribution in [0.2, 0.25) is 0 Å². The summed E-state index contributed by atoms with van der Waals surface area (Å²) in [6.07, 6.45) is 6.73. The average molecular weight is 267 g/mol. The Morgan fingerprint density at radius 2 is 2.05 bits per heavy atom. The van der Waals surface area contributed by atoms with E-state index in [0.29, 0.717) is 12.1 Å². The summed E-state index contributed by atoms with van der Waals surface area (Å²) in [7, 11) is 0. The van der Waals surface area contributed by atoms with Gasteiger partial charge in [-0.05, 0) is 39.2 Å². The normalized spacial score (nSPS) is 35.1. The smallest absolute Gasteiger partial charge is 0.0597 e. The zero-order chi connectivity index (χ0) is 13.2. The molecule has 4 heteroatoms. The summed E-state index contributed by atoms with van der Waals surface area (Å²) in [5, 5.41) is 13.1. The molecule has 0 spiro atoms. The lowest BCUT2D eigenvalue weighted by Crippen LogP contribution is -2.61. The third-order valence-electron chi connectivity index (χ3n) is 5.04. The molecule has 2 heterocycles. The van der Waals surface area contributed by atoms with Crippen molar-refractivity contribution >= 4 is 0 Å². The van der Waals surface area contributed by atoms with Gasteiger partial charge in [0.1, 0.15) is 0 Å². The standard InChI is InChI=1S/C15H29N3O/c1-12-8-17-7-3-2-4-15(17)10-18(12)9-14(11-19)16-13-5-6-13/h12-16,19H,2-11H2,1H3. The maximum atomic E-state index is 9.55. The Labute approximate surface area is 117 Å². The molecular formula is C15H29N3O. The van der Waals surface area contributed by atoms with Crippen molar-refractivity contribution in [2.75, 3.05) is 32.8 Å². The van der Waals surface area contributed by atoms with Crippen molar-refractivity contribution in [3.05, 3.63) is 0 Å². The second kappa shape index (κ2) is 6.08. The van der Waals surface area contributed by atoms with Crippen LogP contribution in [0.3, 0.4) is 0 Å². The van der Waals surface area contributed by atoms with Gasteiger partial charge in [-0.2, -0.15) is 0 Å². The maximum Gasteiger partial charge on any atom is 0.0597 e.